The van der Waals surface area contributed by atoms with Crippen LogP contribution in [0.3, 0.4) is 0 Å². The number of thiophene rings is 1. The van der Waals surface area contributed by atoms with Crippen LogP contribution in [0.15, 0.2) is 51.5 Å². The number of carbonyl (C=O) groups excluding carboxylic acids is 1. The molecule has 128 valence electrons. The van der Waals surface area contributed by atoms with Gasteiger partial charge in [-0.1, -0.05) is 17.7 Å². The van der Waals surface area contributed by atoms with Gasteiger partial charge in [0.05, 0.1) is 12.2 Å². The van der Waals surface area contributed by atoms with E-state index in [-0.39, 0.29) is 22.8 Å². The summed E-state index contributed by atoms with van der Waals surface area (Å²) in [6, 6.07) is 7.29. The molecule has 0 aliphatic carbocycles. The fraction of sp³-hybridized carbons (Fsp3) is 0.0625. The van der Waals surface area contributed by atoms with Gasteiger partial charge in [-0.05, 0) is 29.6 Å². The number of carbonyl (C=O) groups is 1. The van der Waals surface area contributed by atoms with Crippen LogP contribution in [0.25, 0.3) is 0 Å². The summed E-state index contributed by atoms with van der Waals surface area (Å²) in [5, 5.41) is 4.29. The minimum absolute atomic E-state index is 0.0439. The van der Waals surface area contributed by atoms with Gasteiger partial charge in [-0.3, -0.25) is 14.2 Å². The van der Waals surface area contributed by atoms with Crippen LogP contribution in [0.5, 0.6) is 0 Å². The third-order valence-corrected chi connectivity index (χ3v) is 4.47. The van der Waals surface area contributed by atoms with Crippen molar-refractivity contribution >= 4 is 34.5 Å². The molecule has 0 bridgehead atoms. The zero-order valence-corrected chi connectivity index (χ0v) is 14.2. The predicted molar refractivity (Wildman–Crippen MR) is 94.1 cm³/mol. The normalized spacial score (nSPS) is 10.6. The molecule has 0 atom stereocenters. The molecular formula is C16H11ClFN3O3S. The van der Waals surface area contributed by atoms with Crippen molar-refractivity contribution in [2.45, 2.75) is 6.54 Å². The Morgan fingerprint density at radius 3 is 2.80 bits per heavy atom. The maximum Gasteiger partial charge on any atom is 0.328 e. The van der Waals surface area contributed by atoms with Crippen LogP contribution >= 0.6 is 22.9 Å². The summed E-state index contributed by atoms with van der Waals surface area (Å²) >= 11 is 7.04. The molecule has 0 radical (unpaired) electrons. The molecule has 3 aromatic rings. The summed E-state index contributed by atoms with van der Waals surface area (Å²) < 4.78 is 14.7. The fourth-order valence-corrected chi connectivity index (χ4v) is 3.01. The highest BCUT2D eigenvalue weighted by Gasteiger charge is 2.17. The Morgan fingerprint density at radius 1 is 1.32 bits per heavy atom. The molecule has 2 aromatic heterocycles. The van der Waals surface area contributed by atoms with E-state index in [1.54, 1.807) is 12.1 Å². The number of hydrogen-bond donors (Lipinski definition) is 2. The monoisotopic (exact) mass is 379 g/mol. The molecule has 0 aliphatic heterocycles. The zero-order valence-electron chi connectivity index (χ0n) is 12.6. The number of amides is 1. The second-order valence-corrected chi connectivity index (χ2v) is 6.53. The van der Waals surface area contributed by atoms with Gasteiger partial charge in [0.2, 0.25) is 0 Å². The molecule has 1 aromatic carbocycles. The second-order valence-electron chi connectivity index (χ2n) is 5.06. The molecule has 0 saturated carbocycles. The lowest BCUT2D eigenvalue weighted by Gasteiger charge is -2.08. The minimum Gasteiger partial charge on any atom is -0.319 e. The number of aromatic amines is 1. The third-order valence-electron chi connectivity index (χ3n) is 3.38. The SMILES string of the molecule is O=C(Nc1ccc(Cl)cc1F)c1c[nH]c(=O)n(Cc2cccs2)c1=O. The Bertz CT molecular complexity index is 1040. The van der Waals surface area contributed by atoms with Crippen LogP contribution in [0.2, 0.25) is 5.02 Å². The van der Waals surface area contributed by atoms with E-state index < -0.39 is 23.0 Å². The molecule has 0 fully saturated rings. The van der Waals surface area contributed by atoms with Crippen molar-refractivity contribution < 1.29 is 9.18 Å². The van der Waals surface area contributed by atoms with Gasteiger partial charge in [0.1, 0.15) is 11.4 Å². The number of nitrogens with zero attached hydrogens (tertiary/aromatic N) is 1. The molecule has 0 aliphatic rings. The van der Waals surface area contributed by atoms with Crippen molar-refractivity contribution in [3.63, 3.8) is 0 Å². The van der Waals surface area contributed by atoms with Crippen LogP contribution < -0.4 is 16.6 Å². The average Bonchev–Trinajstić information content (AvgIpc) is 3.07. The summed E-state index contributed by atoms with van der Waals surface area (Å²) in [6.45, 7) is 0.0439. The first-order valence-electron chi connectivity index (χ1n) is 7.07. The second kappa shape index (κ2) is 7.04. The van der Waals surface area contributed by atoms with Crippen molar-refractivity contribution in [3.05, 3.63) is 84.0 Å². The number of hydrogen-bond acceptors (Lipinski definition) is 4. The van der Waals surface area contributed by atoms with Gasteiger partial charge in [-0.15, -0.1) is 11.3 Å². The van der Waals surface area contributed by atoms with Crippen molar-refractivity contribution in [2.24, 2.45) is 0 Å². The van der Waals surface area contributed by atoms with E-state index in [1.807, 2.05) is 5.38 Å². The highest BCUT2D eigenvalue weighted by Crippen LogP contribution is 2.19. The lowest BCUT2D eigenvalue weighted by Crippen LogP contribution is -2.39. The lowest BCUT2D eigenvalue weighted by atomic mass is 10.2. The number of benzene rings is 1. The van der Waals surface area contributed by atoms with Crippen molar-refractivity contribution in [1.29, 1.82) is 0 Å². The van der Waals surface area contributed by atoms with E-state index in [0.29, 0.717) is 0 Å². The van der Waals surface area contributed by atoms with Crippen LogP contribution in [0.4, 0.5) is 10.1 Å². The van der Waals surface area contributed by atoms with Gasteiger partial charge in [-0.25, -0.2) is 9.18 Å². The smallest absolute Gasteiger partial charge is 0.319 e. The van der Waals surface area contributed by atoms with Crippen LogP contribution in [0.1, 0.15) is 15.2 Å². The topological polar surface area (TPSA) is 84.0 Å². The van der Waals surface area contributed by atoms with E-state index in [2.05, 4.69) is 10.3 Å². The van der Waals surface area contributed by atoms with Gasteiger partial charge in [0.15, 0.2) is 0 Å². The fourth-order valence-electron chi connectivity index (χ4n) is 2.16. The molecular weight excluding hydrogens is 369 g/mol. The van der Waals surface area contributed by atoms with Crippen molar-refractivity contribution in [2.75, 3.05) is 5.32 Å². The van der Waals surface area contributed by atoms with Gasteiger partial charge in [0, 0.05) is 16.1 Å². The quantitative estimate of drug-likeness (QED) is 0.731. The first-order valence-corrected chi connectivity index (χ1v) is 8.33. The Balaban J connectivity index is 1.93. The van der Waals surface area contributed by atoms with Gasteiger partial charge in [0.25, 0.3) is 11.5 Å². The summed E-state index contributed by atoms with van der Waals surface area (Å²) in [4.78, 5) is 39.8. The molecule has 2 N–H and O–H groups in total. The Labute approximate surface area is 149 Å². The molecule has 3 rings (SSSR count). The highest BCUT2D eigenvalue weighted by molar-refractivity contribution is 7.09. The van der Waals surface area contributed by atoms with E-state index in [4.69, 9.17) is 11.6 Å². The molecule has 0 unspecified atom stereocenters. The van der Waals surface area contributed by atoms with Crippen molar-refractivity contribution in [1.82, 2.24) is 9.55 Å². The number of anilines is 1. The maximum absolute atomic E-state index is 13.8. The number of halogens is 2. The molecule has 2 heterocycles. The Hall–Kier alpha value is -2.71. The summed E-state index contributed by atoms with van der Waals surface area (Å²) in [6.07, 6.45) is 1.01. The summed E-state index contributed by atoms with van der Waals surface area (Å²) in [5.74, 6) is -1.56. The molecule has 1 amide bonds. The number of nitrogens with one attached hydrogen (secondary N) is 2. The molecule has 9 heteroatoms. The summed E-state index contributed by atoms with van der Waals surface area (Å²) in [7, 11) is 0. The maximum atomic E-state index is 13.8. The minimum atomic E-state index is -0.831. The van der Waals surface area contributed by atoms with Gasteiger partial charge >= 0.3 is 5.69 Å². The summed E-state index contributed by atoms with van der Waals surface area (Å²) in [5.41, 5.74) is -1.81. The molecule has 0 saturated heterocycles. The first-order chi connectivity index (χ1) is 12.0. The Morgan fingerprint density at radius 2 is 2.12 bits per heavy atom. The first kappa shape index (κ1) is 17.1. The molecule has 0 spiro atoms. The van der Waals surface area contributed by atoms with Crippen molar-refractivity contribution in [3.8, 4) is 0 Å². The molecule has 6 nitrogen and oxygen atoms in total. The number of rotatable bonds is 4. The van der Waals surface area contributed by atoms with Crippen LogP contribution in [-0.2, 0) is 6.54 Å². The highest BCUT2D eigenvalue weighted by atomic mass is 35.5. The van der Waals surface area contributed by atoms with E-state index >= 15 is 0 Å². The largest absolute Gasteiger partial charge is 0.328 e. The lowest BCUT2D eigenvalue weighted by molar-refractivity contribution is 0.102. The standard InChI is InChI=1S/C16H11ClFN3O3S/c17-9-3-4-13(12(18)6-9)20-14(22)11-7-19-16(24)21(15(11)23)8-10-2-1-5-25-10/h1-7H,8H2,(H,19,24)(H,20,22). The Kier molecular flexibility index (Phi) is 4.82. The number of H-pyrrole nitrogens is 1. The van der Waals surface area contributed by atoms with Crippen LogP contribution in [-0.4, -0.2) is 15.5 Å². The van der Waals surface area contributed by atoms with E-state index in [1.165, 1.54) is 23.5 Å². The van der Waals surface area contributed by atoms with E-state index in [9.17, 15) is 18.8 Å². The van der Waals surface area contributed by atoms with Gasteiger partial charge in [-0.2, -0.15) is 0 Å². The molecule has 25 heavy (non-hydrogen) atoms. The zero-order chi connectivity index (χ0) is 18.0. The average molecular weight is 380 g/mol. The van der Waals surface area contributed by atoms with Gasteiger partial charge < -0.3 is 10.3 Å². The third kappa shape index (κ3) is 3.70. The van der Waals surface area contributed by atoms with E-state index in [0.717, 1.165) is 21.7 Å². The predicted octanol–water partition coefficient (Wildman–Crippen LogP) is 2.69. The van der Waals surface area contributed by atoms with Crippen LogP contribution in [0, 0.1) is 5.82 Å². The number of aromatic nitrogens is 2.